The lowest BCUT2D eigenvalue weighted by molar-refractivity contribution is -0.139. The highest BCUT2D eigenvalue weighted by atomic mass is 19.4. The Bertz CT molecular complexity index is 752. The van der Waals surface area contributed by atoms with E-state index in [1.165, 1.54) is 19.5 Å². The first-order valence-electron chi connectivity index (χ1n) is 6.99. The normalized spacial score (nSPS) is 14.0. The molecule has 1 aliphatic rings. The minimum atomic E-state index is -4.57. The van der Waals surface area contributed by atoms with Crippen LogP contribution < -0.4 is 19.1 Å². The van der Waals surface area contributed by atoms with E-state index >= 15 is 0 Å². The van der Waals surface area contributed by atoms with Crippen molar-refractivity contribution in [2.75, 3.05) is 32.3 Å². The van der Waals surface area contributed by atoms with Gasteiger partial charge in [-0.3, -0.25) is 0 Å². The van der Waals surface area contributed by atoms with Gasteiger partial charge in [-0.15, -0.1) is 0 Å². The molecule has 0 radical (unpaired) electrons. The van der Waals surface area contributed by atoms with E-state index in [0.29, 0.717) is 30.5 Å². The van der Waals surface area contributed by atoms with Crippen molar-refractivity contribution in [3.63, 3.8) is 0 Å². The number of anilines is 2. The zero-order valence-corrected chi connectivity index (χ0v) is 12.9. The molecule has 0 N–H and O–H groups in total. The second kappa shape index (κ2) is 6.06. The van der Waals surface area contributed by atoms with E-state index in [0.717, 1.165) is 13.2 Å². The predicted molar refractivity (Wildman–Crippen MR) is 79.1 cm³/mol. The summed E-state index contributed by atoms with van der Waals surface area (Å²) >= 11 is 0. The maximum absolute atomic E-state index is 13.2. The van der Waals surface area contributed by atoms with Crippen LogP contribution in [0.2, 0.25) is 0 Å². The lowest BCUT2D eigenvalue weighted by Gasteiger charge is -2.31. The molecule has 24 heavy (non-hydrogen) atoms. The molecule has 0 atom stereocenters. The summed E-state index contributed by atoms with van der Waals surface area (Å²) in [5.41, 5.74) is -0.0920. The molecular formula is C15H14F3N3O3. The van der Waals surface area contributed by atoms with Crippen LogP contribution in [0.4, 0.5) is 24.5 Å². The lowest BCUT2D eigenvalue weighted by atomic mass is 10.2. The third kappa shape index (κ3) is 2.89. The number of halogens is 3. The lowest BCUT2D eigenvalue weighted by Crippen LogP contribution is -2.29. The Labute approximate surface area is 135 Å². The first-order chi connectivity index (χ1) is 11.4. The van der Waals surface area contributed by atoms with Gasteiger partial charge >= 0.3 is 6.18 Å². The summed E-state index contributed by atoms with van der Waals surface area (Å²) in [5, 5.41) is 0. The van der Waals surface area contributed by atoms with Crippen LogP contribution in [0.5, 0.6) is 17.5 Å². The van der Waals surface area contributed by atoms with E-state index < -0.39 is 17.6 Å². The van der Waals surface area contributed by atoms with Crippen molar-refractivity contribution in [1.29, 1.82) is 0 Å². The van der Waals surface area contributed by atoms with Crippen molar-refractivity contribution >= 4 is 11.4 Å². The standard InChI is InChI=1S/C15H14F3N3O3/c1-22-13-6-11-12(8-19-13)24-4-3-21(11)9-5-10(15(16,17)18)14(23-2)20-7-9/h5-8H,3-4H2,1-2H3. The Morgan fingerprint density at radius 1 is 1.12 bits per heavy atom. The van der Waals surface area contributed by atoms with Gasteiger partial charge in [0.15, 0.2) is 5.75 Å². The Balaban J connectivity index is 2.08. The van der Waals surface area contributed by atoms with Gasteiger partial charge in [0.1, 0.15) is 12.2 Å². The molecule has 0 bridgehead atoms. The SMILES string of the molecule is COc1cc2c(cn1)OCCN2c1cnc(OC)c(C(F)(F)F)c1. The number of aromatic nitrogens is 2. The molecule has 2 aromatic heterocycles. The van der Waals surface area contributed by atoms with E-state index in [-0.39, 0.29) is 5.69 Å². The van der Waals surface area contributed by atoms with E-state index in [2.05, 4.69) is 9.97 Å². The van der Waals surface area contributed by atoms with Crippen LogP contribution in [0.15, 0.2) is 24.5 Å². The smallest absolute Gasteiger partial charge is 0.421 e. The highest BCUT2D eigenvalue weighted by Crippen LogP contribution is 2.41. The summed E-state index contributed by atoms with van der Waals surface area (Å²) in [7, 11) is 2.61. The predicted octanol–water partition coefficient (Wildman–Crippen LogP) is 3.04. The molecule has 0 unspecified atom stereocenters. The molecule has 0 saturated carbocycles. The fourth-order valence-electron chi connectivity index (χ4n) is 2.44. The average Bonchev–Trinajstić information content (AvgIpc) is 2.59. The molecule has 0 fully saturated rings. The van der Waals surface area contributed by atoms with Gasteiger partial charge in [-0.25, -0.2) is 9.97 Å². The van der Waals surface area contributed by atoms with E-state index in [1.54, 1.807) is 11.0 Å². The number of fused-ring (bicyclic) bond motifs is 1. The van der Waals surface area contributed by atoms with Crippen LogP contribution in [0.1, 0.15) is 5.56 Å². The molecule has 2 aromatic rings. The molecule has 0 aromatic carbocycles. The Morgan fingerprint density at radius 2 is 1.92 bits per heavy atom. The molecule has 6 nitrogen and oxygen atoms in total. The summed E-state index contributed by atoms with van der Waals surface area (Å²) in [5.74, 6) is 0.334. The molecule has 0 amide bonds. The second-order valence-electron chi connectivity index (χ2n) is 4.94. The van der Waals surface area contributed by atoms with Gasteiger partial charge in [0.05, 0.1) is 44.5 Å². The Morgan fingerprint density at radius 3 is 2.58 bits per heavy atom. The molecule has 0 saturated heterocycles. The van der Waals surface area contributed by atoms with Crippen molar-refractivity contribution in [3.05, 3.63) is 30.1 Å². The Hall–Kier alpha value is -2.71. The number of methoxy groups -OCH3 is 2. The second-order valence-corrected chi connectivity index (χ2v) is 4.94. The van der Waals surface area contributed by atoms with Gasteiger partial charge < -0.3 is 19.1 Å². The van der Waals surface area contributed by atoms with Gasteiger partial charge in [0.25, 0.3) is 0 Å². The highest BCUT2D eigenvalue weighted by molar-refractivity contribution is 5.71. The van der Waals surface area contributed by atoms with Crippen LogP contribution in [-0.4, -0.2) is 37.3 Å². The largest absolute Gasteiger partial charge is 0.488 e. The zero-order chi connectivity index (χ0) is 17.3. The fraction of sp³-hybridized carbons (Fsp3) is 0.333. The van der Waals surface area contributed by atoms with Crippen LogP contribution >= 0.6 is 0 Å². The van der Waals surface area contributed by atoms with E-state index in [9.17, 15) is 13.2 Å². The maximum atomic E-state index is 13.2. The third-order valence-electron chi connectivity index (χ3n) is 3.54. The summed E-state index contributed by atoms with van der Waals surface area (Å²) in [6.07, 6.45) is -1.77. The number of nitrogens with zero attached hydrogens (tertiary/aromatic N) is 3. The number of alkyl halides is 3. The Kier molecular flexibility index (Phi) is 4.08. The molecular weight excluding hydrogens is 327 g/mol. The molecule has 3 heterocycles. The molecule has 128 valence electrons. The number of rotatable bonds is 3. The van der Waals surface area contributed by atoms with Crippen molar-refractivity contribution in [2.45, 2.75) is 6.18 Å². The maximum Gasteiger partial charge on any atom is 0.421 e. The molecule has 3 rings (SSSR count). The summed E-state index contributed by atoms with van der Waals surface area (Å²) in [6, 6.07) is 2.61. The zero-order valence-electron chi connectivity index (χ0n) is 12.9. The average molecular weight is 341 g/mol. The minimum Gasteiger partial charge on any atom is -0.488 e. The van der Waals surface area contributed by atoms with Gasteiger partial charge in [-0.05, 0) is 6.07 Å². The van der Waals surface area contributed by atoms with E-state index in [1.807, 2.05) is 0 Å². The third-order valence-corrected chi connectivity index (χ3v) is 3.54. The van der Waals surface area contributed by atoms with Crippen LogP contribution in [0.3, 0.4) is 0 Å². The molecule has 9 heteroatoms. The van der Waals surface area contributed by atoms with Crippen molar-refractivity contribution in [2.24, 2.45) is 0 Å². The van der Waals surface area contributed by atoms with Gasteiger partial charge in [-0.2, -0.15) is 13.2 Å². The molecule has 1 aliphatic heterocycles. The molecule has 0 aliphatic carbocycles. The highest BCUT2D eigenvalue weighted by Gasteiger charge is 2.36. The first kappa shape index (κ1) is 16.2. The molecule has 0 spiro atoms. The fourth-order valence-corrected chi connectivity index (χ4v) is 2.44. The van der Waals surface area contributed by atoms with Crippen LogP contribution in [0, 0.1) is 0 Å². The quantitative estimate of drug-likeness (QED) is 0.855. The van der Waals surface area contributed by atoms with Crippen molar-refractivity contribution in [3.8, 4) is 17.5 Å². The number of pyridine rings is 2. The number of hydrogen-bond acceptors (Lipinski definition) is 6. The summed E-state index contributed by atoms with van der Waals surface area (Å²) in [6.45, 7) is 0.680. The minimum absolute atomic E-state index is 0.279. The van der Waals surface area contributed by atoms with Gasteiger partial charge in [0, 0.05) is 6.07 Å². The van der Waals surface area contributed by atoms with Crippen molar-refractivity contribution < 1.29 is 27.4 Å². The monoisotopic (exact) mass is 341 g/mol. The van der Waals surface area contributed by atoms with Crippen LogP contribution in [0.25, 0.3) is 0 Å². The van der Waals surface area contributed by atoms with Gasteiger partial charge in [0.2, 0.25) is 11.8 Å². The van der Waals surface area contributed by atoms with Crippen molar-refractivity contribution in [1.82, 2.24) is 9.97 Å². The van der Waals surface area contributed by atoms with Gasteiger partial charge in [-0.1, -0.05) is 0 Å². The summed E-state index contributed by atoms with van der Waals surface area (Å²) < 4.78 is 54.9. The first-order valence-corrected chi connectivity index (χ1v) is 6.99. The number of ether oxygens (including phenoxy) is 3. The number of hydrogen-bond donors (Lipinski definition) is 0. The van der Waals surface area contributed by atoms with E-state index in [4.69, 9.17) is 14.2 Å². The topological polar surface area (TPSA) is 56.7 Å². The van der Waals surface area contributed by atoms with Crippen LogP contribution in [-0.2, 0) is 6.18 Å². The summed E-state index contributed by atoms with van der Waals surface area (Å²) in [4.78, 5) is 9.49.